The van der Waals surface area contributed by atoms with E-state index in [4.69, 9.17) is 16.0 Å². The topological polar surface area (TPSA) is 188 Å². The first kappa shape index (κ1) is 30.9. The first-order valence-corrected chi connectivity index (χ1v) is 17.5. The van der Waals surface area contributed by atoms with E-state index in [9.17, 15) is 19.5 Å². The van der Waals surface area contributed by atoms with E-state index in [2.05, 4.69) is 31.0 Å². The van der Waals surface area contributed by atoms with E-state index >= 15 is 0 Å². The van der Waals surface area contributed by atoms with Crippen LogP contribution < -0.4 is 15.6 Å². The molecule has 47 heavy (non-hydrogen) atoms. The number of aromatic nitrogens is 4. The van der Waals surface area contributed by atoms with E-state index in [0.29, 0.717) is 23.7 Å². The molecule has 15 nitrogen and oxygen atoms in total. The molecule has 4 aromatic heterocycles. The molecule has 0 spiro atoms. The molecular formula is C29H31N10O5S3+. The number of hydrogen-bond donors (Lipinski definition) is 4. The van der Waals surface area contributed by atoms with Gasteiger partial charge in [-0.05, 0) is 24.5 Å². The van der Waals surface area contributed by atoms with Gasteiger partial charge in [0.2, 0.25) is 0 Å². The van der Waals surface area contributed by atoms with Gasteiger partial charge in [-0.1, -0.05) is 5.16 Å². The predicted octanol–water partition coefficient (Wildman–Crippen LogP) is 1.39. The average molecular weight is 696 g/mol. The second-order valence-electron chi connectivity index (χ2n) is 11.2. The highest BCUT2D eigenvalue weighted by Crippen LogP contribution is 2.41. The third-order valence-corrected chi connectivity index (χ3v) is 11.3. The van der Waals surface area contributed by atoms with Gasteiger partial charge in [-0.15, -0.1) is 39.0 Å². The molecule has 5 N–H and O–H groups in total. The first-order valence-electron chi connectivity index (χ1n) is 14.7. The number of fused-ring (bicyclic) bond motifs is 2. The Morgan fingerprint density at radius 1 is 1.26 bits per heavy atom. The van der Waals surface area contributed by atoms with Crippen LogP contribution in [0.3, 0.4) is 0 Å². The molecule has 2 atom stereocenters. The van der Waals surface area contributed by atoms with Crippen LogP contribution in [0.1, 0.15) is 29.0 Å². The summed E-state index contributed by atoms with van der Waals surface area (Å²) in [6, 6.07) is 3.11. The lowest BCUT2D eigenvalue weighted by molar-refractivity contribution is -0.661. The Morgan fingerprint density at radius 3 is 2.79 bits per heavy atom. The molecule has 3 aliphatic heterocycles. The number of hydrogen-bond acceptors (Lipinski definition) is 11. The number of imidazole rings is 1. The maximum absolute atomic E-state index is 13.3. The predicted molar refractivity (Wildman–Crippen MR) is 176 cm³/mol. The van der Waals surface area contributed by atoms with Crippen LogP contribution in [-0.2, 0) is 32.3 Å². The number of anilines is 1. The second-order valence-corrected chi connectivity index (χ2v) is 14.2. The molecule has 0 aromatic carbocycles. The monoisotopic (exact) mass is 695 g/mol. The molecule has 0 saturated carbocycles. The Morgan fingerprint density at radius 2 is 2.06 bits per heavy atom. The van der Waals surface area contributed by atoms with Crippen LogP contribution in [-0.4, -0.2) is 95.8 Å². The molecule has 2 saturated heterocycles. The summed E-state index contributed by atoms with van der Waals surface area (Å²) in [6.45, 7) is 2.76. The van der Waals surface area contributed by atoms with Crippen LogP contribution in [0.15, 0.2) is 57.9 Å². The Kier molecular flexibility index (Phi) is 8.23. The molecule has 0 unspecified atom stereocenters. The van der Waals surface area contributed by atoms with E-state index in [1.54, 1.807) is 16.7 Å². The minimum absolute atomic E-state index is 0.0734. The SMILES string of the molecule is CO/N=C(\C(=O)N[C@@H]1C(=O)N2C(C(=O)O)=C(Cn3ccc4n3cc[n+]4Cc3cc(C(=N)N4CCCC4)cs3)CS[C@H]12)c1csc(N)n1. The quantitative estimate of drug-likeness (QED) is 0.0625. The van der Waals surface area contributed by atoms with Crippen molar-refractivity contribution < 1.29 is 28.9 Å². The van der Waals surface area contributed by atoms with Crippen molar-refractivity contribution in [2.24, 2.45) is 5.16 Å². The highest BCUT2D eigenvalue weighted by molar-refractivity contribution is 8.00. The Labute approximate surface area is 280 Å². The minimum atomic E-state index is -1.21. The number of oxime groups is 1. The first-order chi connectivity index (χ1) is 22.7. The summed E-state index contributed by atoms with van der Waals surface area (Å²) in [5, 5.41) is 28.4. The summed E-state index contributed by atoms with van der Waals surface area (Å²) in [5.74, 6) is -1.47. The van der Waals surface area contributed by atoms with Gasteiger partial charge in [-0.25, -0.2) is 19.0 Å². The molecule has 0 radical (unpaired) electrons. The van der Waals surface area contributed by atoms with Gasteiger partial charge in [-0.2, -0.15) is 0 Å². The third kappa shape index (κ3) is 5.65. The van der Waals surface area contributed by atoms with Crippen molar-refractivity contribution in [1.29, 1.82) is 5.41 Å². The van der Waals surface area contributed by atoms with E-state index in [0.717, 1.165) is 53.4 Å². The van der Waals surface area contributed by atoms with Crippen LogP contribution in [0.2, 0.25) is 0 Å². The number of thiazole rings is 1. The molecule has 244 valence electrons. The lowest BCUT2D eigenvalue weighted by Crippen LogP contribution is -2.71. The number of aliphatic carboxylic acids is 1. The number of carbonyl (C=O) groups is 3. The van der Waals surface area contributed by atoms with Gasteiger partial charge in [0.25, 0.3) is 11.8 Å². The van der Waals surface area contributed by atoms with Crippen LogP contribution in [0.4, 0.5) is 5.13 Å². The normalized spacial score (nSPS) is 19.7. The van der Waals surface area contributed by atoms with Gasteiger partial charge in [0, 0.05) is 40.0 Å². The van der Waals surface area contributed by atoms with Gasteiger partial charge < -0.3 is 25.9 Å². The van der Waals surface area contributed by atoms with Gasteiger partial charge >= 0.3 is 11.6 Å². The molecule has 7 rings (SSSR count). The minimum Gasteiger partial charge on any atom is -0.477 e. The van der Waals surface area contributed by atoms with Crippen molar-refractivity contribution in [2.75, 3.05) is 31.7 Å². The second kappa shape index (κ2) is 12.5. The maximum Gasteiger partial charge on any atom is 0.352 e. The van der Waals surface area contributed by atoms with Gasteiger partial charge in [0.05, 0.1) is 18.8 Å². The van der Waals surface area contributed by atoms with Gasteiger partial charge in [-0.3, -0.25) is 19.9 Å². The Bertz CT molecular complexity index is 1970. The van der Waals surface area contributed by atoms with Crippen molar-refractivity contribution in [1.82, 2.24) is 29.3 Å². The fourth-order valence-electron chi connectivity index (χ4n) is 6.09. The van der Waals surface area contributed by atoms with Crippen molar-refractivity contribution >= 4 is 74.5 Å². The highest BCUT2D eigenvalue weighted by atomic mass is 32.2. The summed E-state index contributed by atoms with van der Waals surface area (Å²) in [7, 11) is 1.29. The lowest BCUT2D eigenvalue weighted by atomic mass is 10.0. The molecule has 4 aromatic rings. The molecule has 2 fully saturated rings. The number of nitrogens with zero attached hydrogens (tertiary/aromatic N) is 7. The fourth-order valence-corrected chi connectivity index (χ4v) is 8.84. The summed E-state index contributed by atoms with van der Waals surface area (Å²) in [6.07, 6.45) is 8.04. The standard InChI is InChI=1S/C29H30N10O5S3/c1-44-34-21(19-15-47-29(31)32-19)25(40)33-22-26(41)39-23(28(42)43)17(14-46-27(22)39)11-37-7-4-20-36(8-9-38(20)37)12-18-10-16(13-45-18)24(30)35-5-2-3-6-35/h4,7-10,13,15,22,27,30H,2-3,5-6,11-12,14H2,1H3,(H3-,31,32,33,40,42,43)/p+1/b30-24?,34-21-/t22-,27-/m1/s1. The number of amides is 2. The largest absolute Gasteiger partial charge is 0.477 e. The molecular weight excluding hydrogens is 665 g/mol. The molecule has 0 bridgehead atoms. The Hall–Kier alpha value is -4.68. The number of carboxylic acids is 1. The lowest BCUT2D eigenvalue weighted by Gasteiger charge is -2.49. The molecule has 2 amide bonds. The molecule has 7 heterocycles. The summed E-state index contributed by atoms with van der Waals surface area (Å²) in [4.78, 5) is 52.2. The smallest absolute Gasteiger partial charge is 0.352 e. The number of carboxylic acid groups (broad SMARTS) is 1. The van der Waals surface area contributed by atoms with Crippen molar-refractivity contribution in [2.45, 2.75) is 37.3 Å². The van der Waals surface area contributed by atoms with Crippen molar-refractivity contribution in [3.8, 4) is 0 Å². The number of thiophene rings is 1. The van der Waals surface area contributed by atoms with Crippen LogP contribution >= 0.6 is 34.4 Å². The van der Waals surface area contributed by atoms with E-state index in [1.807, 2.05) is 39.2 Å². The molecule has 18 heteroatoms. The van der Waals surface area contributed by atoms with E-state index < -0.39 is 29.2 Å². The summed E-state index contributed by atoms with van der Waals surface area (Å²) in [5.41, 5.74) is 8.15. The van der Waals surface area contributed by atoms with E-state index in [1.165, 1.54) is 23.8 Å². The number of β-lactam (4-membered cyclic amide) rings is 1. The number of amidine groups is 1. The zero-order valence-corrected chi connectivity index (χ0v) is 27.6. The third-order valence-electron chi connectivity index (χ3n) is 8.32. The number of thioether (sulfide) groups is 1. The van der Waals surface area contributed by atoms with Crippen molar-refractivity contribution in [3.05, 3.63) is 68.9 Å². The van der Waals surface area contributed by atoms with Gasteiger partial charge in [0.1, 0.15) is 48.5 Å². The summed E-state index contributed by atoms with van der Waals surface area (Å²) < 4.78 is 5.97. The average Bonchev–Trinajstić information content (AvgIpc) is 3.90. The van der Waals surface area contributed by atoms with E-state index in [-0.39, 0.29) is 28.8 Å². The fraction of sp³-hybridized carbons (Fsp3) is 0.345. The van der Waals surface area contributed by atoms with Gasteiger partial charge in [0.15, 0.2) is 17.0 Å². The van der Waals surface area contributed by atoms with Crippen molar-refractivity contribution in [3.63, 3.8) is 0 Å². The zero-order chi connectivity index (χ0) is 32.8. The molecule has 3 aliphatic rings. The van der Waals surface area contributed by atoms with Crippen LogP contribution in [0.25, 0.3) is 5.65 Å². The van der Waals surface area contributed by atoms with Crippen LogP contribution in [0.5, 0.6) is 0 Å². The number of nitrogens with two attached hydrogens (primary N) is 1. The number of nitrogen functional groups attached to an aromatic ring is 1. The number of likely N-dealkylation sites (tertiary alicyclic amines) is 1. The summed E-state index contributed by atoms with van der Waals surface area (Å²) >= 11 is 4.15. The Balaban J connectivity index is 1.06. The maximum atomic E-state index is 13.3. The number of nitrogens with one attached hydrogen (secondary N) is 2. The molecule has 0 aliphatic carbocycles. The zero-order valence-electron chi connectivity index (χ0n) is 25.2. The van der Waals surface area contributed by atoms with Crippen LogP contribution in [0, 0.1) is 5.41 Å². The number of rotatable bonds is 10. The highest BCUT2D eigenvalue weighted by Gasteiger charge is 2.54. The number of carbonyl (C=O) groups excluding carboxylic acids is 2.